The summed E-state index contributed by atoms with van der Waals surface area (Å²) in [5, 5.41) is 16.3. The smallest absolute Gasteiger partial charge is 0.308 e. The van der Waals surface area contributed by atoms with Crippen LogP contribution in [-0.2, 0) is 19.1 Å². The number of nitrogens with one attached hydrogen (secondary N) is 1. The highest BCUT2D eigenvalue weighted by Gasteiger charge is 2.29. The lowest BCUT2D eigenvalue weighted by molar-refractivity contribution is -0.149. The molecule has 1 unspecified atom stereocenters. The van der Waals surface area contributed by atoms with Crippen molar-refractivity contribution in [3.8, 4) is 6.07 Å². The topological polar surface area (TPSA) is 111 Å². The van der Waals surface area contributed by atoms with Crippen LogP contribution in [0.1, 0.15) is 37.4 Å². The largest absolute Gasteiger partial charge is 0.458 e. The molecule has 1 heterocycles. The predicted molar refractivity (Wildman–Crippen MR) is 93.8 cm³/mol. The summed E-state index contributed by atoms with van der Waals surface area (Å²) in [5.41, 5.74) is 1.63. The van der Waals surface area contributed by atoms with Crippen LogP contribution in [-0.4, -0.2) is 34.9 Å². The number of nitriles is 1. The molecule has 0 radical (unpaired) electrons. The lowest BCUT2D eigenvalue weighted by atomic mass is 9.94. The monoisotopic (exact) mass is 353 g/mol. The average molecular weight is 353 g/mol. The second-order valence-electron chi connectivity index (χ2n) is 5.96. The van der Waals surface area contributed by atoms with Crippen molar-refractivity contribution in [3.63, 3.8) is 0 Å². The van der Waals surface area contributed by atoms with Gasteiger partial charge >= 0.3 is 5.97 Å². The molecule has 134 valence electrons. The van der Waals surface area contributed by atoms with Crippen LogP contribution in [0.5, 0.6) is 0 Å². The van der Waals surface area contributed by atoms with Crippen LogP contribution in [0.3, 0.4) is 0 Å². The van der Waals surface area contributed by atoms with Gasteiger partial charge in [-0.05, 0) is 24.1 Å². The van der Waals surface area contributed by atoms with Crippen molar-refractivity contribution in [1.29, 1.82) is 10.7 Å². The van der Waals surface area contributed by atoms with Crippen LogP contribution in [0, 0.1) is 22.7 Å². The summed E-state index contributed by atoms with van der Waals surface area (Å²) < 4.78 is 4.98. The number of hydrogen-bond acceptors (Lipinski definition) is 6. The standard InChI is InChI=1S/C19H19N3O4/c1-12(21)16(10-20)18(24)11-26-19(25)9-17-15-6-4-3-5-14(15)7-8-22(17)13(2)23/h3-8,16-17,21H,9,11H2,1-2H3/t16?,17-/m1/s1. The number of amides is 1. The number of nitrogens with zero attached hydrogens (tertiary/aromatic N) is 2. The van der Waals surface area contributed by atoms with Crippen molar-refractivity contribution in [3.05, 3.63) is 41.6 Å². The third-order valence-corrected chi connectivity index (χ3v) is 4.09. The van der Waals surface area contributed by atoms with Crippen molar-refractivity contribution >= 4 is 29.4 Å². The molecular weight excluding hydrogens is 334 g/mol. The molecular formula is C19H19N3O4. The Labute approximate surface area is 151 Å². The van der Waals surface area contributed by atoms with E-state index in [1.165, 1.54) is 18.7 Å². The quantitative estimate of drug-likeness (QED) is 0.623. The zero-order chi connectivity index (χ0) is 19.3. The van der Waals surface area contributed by atoms with Gasteiger partial charge in [-0.1, -0.05) is 24.3 Å². The van der Waals surface area contributed by atoms with Crippen LogP contribution >= 0.6 is 0 Å². The maximum atomic E-state index is 12.2. The number of ether oxygens (including phenoxy) is 1. The Kier molecular flexibility index (Phi) is 6.02. The van der Waals surface area contributed by atoms with Gasteiger partial charge in [-0.2, -0.15) is 5.26 Å². The van der Waals surface area contributed by atoms with E-state index >= 15 is 0 Å². The molecule has 1 amide bonds. The molecule has 0 aliphatic carbocycles. The molecule has 1 aliphatic rings. The molecule has 0 fully saturated rings. The minimum Gasteiger partial charge on any atom is -0.458 e. The molecule has 7 nitrogen and oxygen atoms in total. The molecule has 7 heteroatoms. The number of Topliss-reactive ketones (excluding diaryl/α,β-unsaturated/α-hetero) is 1. The highest BCUT2D eigenvalue weighted by molar-refractivity contribution is 6.06. The first-order chi connectivity index (χ1) is 12.3. The third kappa shape index (κ3) is 4.22. The lowest BCUT2D eigenvalue weighted by Crippen LogP contribution is -2.33. The van der Waals surface area contributed by atoms with Gasteiger partial charge in [-0.25, -0.2) is 0 Å². The van der Waals surface area contributed by atoms with Crippen molar-refractivity contribution in [1.82, 2.24) is 4.90 Å². The molecule has 2 rings (SSSR count). The van der Waals surface area contributed by atoms with E-state index in [0.29, 0.717) is 0 Å². The van der Waals surface area contributed by atoms with E-state index in [0.717, 1.165) is 11.1 Å². The van der Waals surface area contributed by atoms with E-state index in [-0.39, 0.29) is 18.0 Å². The molecule has 0 spiro atoms. The number of carbonyl (C=O) groups is 3. The second kappa shape index (κ2) is 8.21. The zero-order valence-corrected chi connectivity index (χ0v) is 14.6. The maximum absolute atomic E-state index is 12.2. The van der Waals surface area contributed by atoms with Crippen LogP contribution in [0.2, 0.25) is 0 Å². The summed E-state index contributed by atoms with van der Waals surface area (Å²) in [6.07, 6.45) is 3.30. The van der Waals surface area contributed by atoms with Crippen molar-refractivity contribution in [2.24, 2.45) is 5.92 Å². The molecule has 0 saturated carbocycles. The maximum Gasteiger partial charge on any atom is 0.308 e. The summed E-state index contributed by atoms with van der Waals surface area (Å²) >= 11 is 0. The Morgan fingerprint density at radius 3 is 2.62 bits per heavy atom. The molecule has 26 heavy (non-hydrogen) atoms. The number of fused-ring (bicyclic) bond motifs is 1. The fraction of sp³-hybridized carbons (Fsp3) is 0.316. The number of rotatable bonds is 6. The van der Waals surface area contributed by atoms with Crippen molar-refractivity contribution in [2.75, 3.05) is 6.61 Å². The van der Waals surface area contributed by atoms with Gasteiger partial charge in [0, 0.05) is 18.8 Å². The Morgan fingerprint density at radius 2 is 2.00 bits per heavy atom. The Balaban J connectivity index is 2.08. The second-order valence-corrected chi connectivity index (χ2v) is 5.96. The van der Waals surface area contributed by atoms with E-state index in [1.54, 1.807) is 18.3 Å². The first-order valence-electron chi connectivity index (χ1n) is 8.04. The summed E-state index contributed by atoms with van der Waals surface area (Å²) in [5.74, 6) is -2.72. The van der Waals surface area contributed by atoms with Crippen LogP contribution < -0.4 is 0 Å². The molecule has 0 saturated heterocycles. The summed E-state index contributed by atoms with van der Waals surface area (Å²) in [4.78, 5) is 37.4. The predicted octanol–water partition coefficient (Wildman–Crippen LogP) is 2.24. The number of esters is 1. The zero-order valence-electron chi connectivity index (χ0n) is 14.6. The fourth-order valence-electron chi connectivity index (χ4n) is 2.78. The van der Waals surface area contributed by atoms with Gasteiger partial charge < -0.3 is 15.0 Å². The molecule has 2 atom stereocenters. The lowest BCUT2D eigenvalue weighted by Gasteiger charge is -2.32. The van der Waals surface area contributed by atoms with Gasteiger partial charge in [0.05, 0.1) is 18.5 Å². The number of hydrogen-bond donors (Lipinski definition) is 1. The Morgan fingerprint density at radius 1 is 1.31 bits per heavy atom. The molecule has 0 aromatic heterocycles. The highest BCUT2D eigenvalue weighted by atomic mass is 16.5. The molecule has 0 bridgehead atoms. The number of benzene rings is 1. The van der Waals surface area contributed by atoms with Gasteiger partial charge in [0.15, 0.2) is 12.4 Å². The average Bonchev–Trinajstić information content (AvgIpc) is 2.60. The number of carbonyl (C=O) groups excluding carboxylic acids is 3. The minimum atomic E-state index is -1.21. The third-order valence-electron chi connectivity index (χ3n) is 4.09. The van der Waals surface area contributed by atoms with E-state index in [4.69, 9.17) is 15.4 Å². The van der Waals surface area contributed by atoms with Gasteiger partial charge in [0.2, 0.25) is 5.91 Å². The van der Waals surface area contributed by atoms with E-state index in [9.17, 15) is 14.4 Å². The van der Waals surface area contributed by atoms with Crippen molar-refractivity contribution < 1.29 is 19.1 Å². The Bertz CT molecular complexity index is 822. The minimum absolute atomic E-state index is 0.0948. The van der Waals surface area contributed by atoms with Crippen molar-refractivity contribution in [2.45, 2.75) is 26.3 Å². The summed E-state index contributed by atoms with van der Waals surface area (Å²) in [6, 6.07) is 8.60. The fourth-order valence-corrected chi connectivity index (χ4v) is 2.78. The summed E-state index contributed by atoms with van der Waals surface area (Å²) in [6.45, 7) is 2.19. The summed E-state index contributed by atoms with van der Waals surface area (Å²) in [7, 11) is 0. The van der Waals surface area contributed by atoms with Gasteiger partial charge in [0.25, 0.3) is 0 Å². The normalized spacial score (nSPS) is 16.2. The van der Waals surface area contributed by atoms with Crippen LogP contribution in [0.25, 0.3) is 6.08 Å². The van der Waals surface area contributed by atoms with E-state index in [1.807, 2.05) is 24.3 Å². The van der Waals surface area contributed by atoms with E-state index < -0.39 is 30.3 Å². The highest BCUT2D eigenvalue weighted by Crippen LogP contribution is 2.33. The SMILES string of the molecule is CC(=N)C(C#N)C(=O)COC(=O)C[C@@H]1c2ccccc2C=CN1C(C)=O. The van der Waals surface area contributed by atoms with Gasteiger partial charge in [-0.3, -0.25) is 14.4 Å². The molecule has 1 aromatic carbocycles. The number of ketones is 1. The first kappa shape index (κ1) is 19.1. The van der Waals surface area contributed by atoms with Crippen LogP contribution in [0.4, 0.5) is 0 Å². The molecule has 1 aromatic rings. The van der Waals surface area contributed by atoms with Gasteiger partial charge in [-0.15, -0.1) is 0 Å². The molecule has 1 N–H and O–H groups in total. The molecule has 1 aliphatic heterocycles. The van der Waals surface area contributed by atoms with Crippen LogP contribution in [0.15, 0.2) is 30.5 Å². The first-order valence-corrected chi connectivity index (χ1v) is 8.04. The van der Waals surface area contributed by atoms with E-state index in [2.05, 4.69) is 0 Å². The Hall–Kier alpha value is -3.27. The van der Waals surface area contributed by atoms with Gasteiger partial charge in [0.1, 0.15) is 5.92 Å².